The van der Waals surface area contributed by atoms with Crippen molar-refractivity contribution in [1.82, 2.24) is 4.90 Å². The second kappa shape index (κ2) is 7.48. The van der Waals surface area contributed by atoms with E-state index in [-0.39, 0.29) is 11.3 Å². The second-order valence-corrected chi connectivity index (χ2v) is 7.63. The van der Waals surface area contributed by atoms with Gasteiger partial charge in [0, 0.05) is 11.4 Å². The Bertz CT molecular complexity index is 1030. The lowest BCUT2D eigenvalue weighted by Crippen LogP contribution is -2.32. The minimum atomic E-state index is -0.617. The molecule has 4 rings (SSSR count). The summed E-state index contributed by atoms with van der Waals surface area (Å²) in [6.07, 6.45) is 0.628. The van der Waals surface area contributed by atoms with Crippen molar-refractivity contribution < 1.29 is 19.1 Å². The summed E-state index contributed by atoms with van der Waals surface area (Å²) in [6.45, 7) is 2.14. The number of nitrogens with zero attached hydrogens (tertiary/aromatic N) is 1. The predicted octanol–water partition coefficient (Wildman–Crippen LogP) is 4.47. The molecule has 0 spiro atoms. The molecule has 28 heavy (non-hydrogen) atoms. The molecule has 1 aliphatic heterocycles. The number of carbonyl (C=O) groups excluding carboxylic acids is 2. The van der Waals surface area contributed by atoms with Crippen LogP contribution in [0.1, 0.15) is 32.8 Å². The fraction of sp³-hybridized carbons (Fsp3) is 0.182. The van der Waals surface area contributed by atoms with E-state index in [2.05, 4.69) is 0 Å². The number of carbonyl (C=O) groups is 2. The number of Topliss-reactive ketones (excluding diaryl/α,β-unsaturated/α-hetero) is 1. The van der Waals surface area contributed by atoms with Gasteiger partial charge in [0.05, 0.1) is 11.6 Å². The summed E-state index contributed by atoms with van der Waals surface area (Å²) < 4.78 is 5.45. The van der Waals surface area contributed by atoms with E-state index < -0.39 is 23.5 Å². The second-order valence-electron chi connectivity index (χ2n) is 6.65. The summed E-state index contributed by atoms with van der Waals surface area (Å²) in [7, 11) is 0. The van der Waals surface area contributed by atoms with E-state index in [1.165, 1.54) is 11.3 Å². The minimum Gasteiger partial charge on any atom is -0.503 e. The summed E-state index contributed by atoms with van der Waals surface area (Å²) >= 11 is 1.45. The number of furan rings is 1. The predicted molar refractivity (Wildman–Crippen MR) is 106 cm³/mol. The van der Waals surface area contributed by atoms with Crippen LogP contribution in [0.5, 0.6) is 0 Å². The number of benzene rings is 1. The SMILES string of the molecule is Cc1ccc(C(=O)C2=C(O)C(=O)N(CCc3ccccc3)C2c2cccs2)o1. The van der Waals surface area contributed by atoms with Crippen LogP contribution in [0.3, 0.4) is 0 Å². The number of hydrogen-bond donors (Lipinski definition) is 1. The molecule has 1 amide bonds. The molecule has 3 heterocycles. The first-order chi connectivity index (χ1) is 13.6. The first-order valence-electron chi connectivity index (χ1n) is 8.99. The number of aryl methyl sites for hydroxylation is 1. The topological polar surface area (TPSA) is 70.8 Å². The first kappa shape index (κ1) is 18.3. The molecule has 5 nitrogen and oxygen atoms in total. The van der Waals surface area contributed by atoms with Crippen molar-refractivity contribution in [2.45, 2.75) is 19.4 Å². The van der Waals surface area contributed by atoms with Crippen molar-refractivity contribution in [2.24, 2.45) is 0 Å². The molecule has 0 aliphatic carbocycles. The van der Waals surface area contributed by atoms with Crippen LogP contribution in [0.2, 0.25) is 0 Å². The van der Waals surface area contributed by atoms with Gasteiger partial charge in [0.2, 0.25) is 5.78 Å². The number of rotatable bonds is 6. The minimum absolute atomic E-state index is 0.0786. The van der Waals surface area contributed by atoms with Crippen molar-refractivity contribution in [1.29, 1.82) is 0 Å². The maximum absolute atomic E-state index is 13.1. The van der Waals surface area contributed by atoms with Gasteiger partial charge >= 0.3 is 0 Å². The number of ketones is 1. The van der Waals surface area contributed by atoms with E-state index in [0.717, 1.165) is 10.4 Å². The van der Waals surface area contributed by atoms with Gasteiger partial charge in [0.25, 0.3) is 5.91 Å². The Kier molecular flexibility index (Phi) is 4.88. The summed E-state index contributed by atoms with van der Waals surface area (Å²) in [5.74, 6) is -0.759. The van der Waals surface area contributed by atoms with Gasteiger partial charge in [-0.15, -0.1) is 11.3 Å². The maximum Gasteiger partial charge on any atom is 0.290 e. The zero-order valence-electron chi connectivity index (χ0n) is 15.3. The summed E-state index contributed by atoms with van der Waals surface area (Å²) in [6, 6.07) is 16.2. The molecule has 0 saturated carbocycles. The maximum atomic E-state index is 13.1. The Labute approximate surface area is 166 Å². The average molecular weight is 393 g/mol. The average Bonchev–Trinajstić information content (AvgIpc) is 3.42. The van der Waals surface area contributed by atoms with Gasteiger partial charge in [-0.05, 0) is 42.5 Å². The normalized spacial score (nSPS) is 16.8. The molecule has 1 aromatic carbocycles. The van der Waals surface area contributed by atoms with E-state index in [9.17, 15) is 14.7 Å². The third-order valence-electron chi connectivity index (χ3n) is 4.81. The Morgan fingerprint density at radius 1 is 1.14 bits per heavy atom. The number of aliphatic hydroxyl groups is 1. The van der Waals surface area contributed by atoms with Crippen LogP contribution in [0.4, 0.5) is 0 Å². The highest BCUT2D eigenvalue weighted by molar-refractivity contribution is 7.10. The quantitative estimate of drug-likeness (QED) is 0.627. The van der Waals surface area contributed by atoms with Gasteiger partial charge in [-0.25, -0.2) is 0 Å². The lowest BCUT2D eigenvalue weighted by atomic mass is 10.00. The third-order valence-corrected chi connectivity index (χ3v) is 5.73. The zero-order valence-corrected chi connectivity index (χ0v) is 16.1. The van der Waals surface area contributed by atoms with Crippen molar-refractivity contribution >= 4 is 23.0 Å². The lowest BCUT2D eigenvalue weighted by molar-refractivity contribution is -0.129. The Morgan fingerprint density at radius 3 is 2.57 bits per heavy atom. The number of hydrogen-bond acceptors (Lipinski definition) is 5. The molecule has 2 aromatic heterocycles. The van der Waals surface area contributed by atoms with Crippen LogP contribution >= 0.6 is 11.3 Å². The highest BCUT2D eigenvalue weighted by atomic mass is 32.1. The summed E-state index contributed by atoms with van der Waals surface area (Å²) in [4.78, 5) is 28.3. The van der Waals surface area contributed by atoms with E-state index in [1.807, 2.05) is 47.8 Å². The van der Waals surface area contributed by atoms with E-state index in [4.69, 9.17) is 4.42 Å². The van der Waals surface area contributed by atoms with Gasteiger partial charge in [0.15, 0.2) is 11.5 Å². The van der Waals surface area contributed by atoms with E-state index in [1.54, 1.807) is 24.0 Å². The molecule has 0 fully saturated rings. The molecule has 1 unspecified atom stereocenters. The molecule has 0 bridgehead atoms. The summed E-state index contributed by atoms with van der Waals surface area (Å²) in [5.41, 5.74) is 1.16. The van der Waals surface area contributed by atoms with Crippen LogP contribution in [0, 0.1) is 6.92 Å². The Balaban J connectivity index is 1.68. The molecular formula is C22H19NO4S. The lowest BCUT2D eigenvalue weighted by Gasteiger charge is -2.25. The highest BCUT2D eigenvalue weighted by Crippen LogP contribution is 2.40. The van der Waals surface area contributed by atoms with Crippen LogP contribution in [-0.2, 0) is 11.2 Å². The number of thiophene rings is 1. The Morgan fingerprint density at radius 2 is 1.93 bits per heavy atom. The molecule has 3 aromatic rings. The fourth-order valence-corrected chi connectivity index (χ4v) is 4.29. The standard InChI is InChI=1S/C22H19NO4S/c1-14-9-10-16(27-14)20(24)18-19(17-8-5-13-28-17)23(22(26)21(18)25)12-11-15-6-3-2-4-7-15/h2-10,13,19,25H,11-12H2,1H3. The number of aliphatic hydroxyl groups excluding tert-OH is 1. The van der Waals surface area contributed by atoms with Crippen molar-refractivity contribution in [3.8, 4) is 0 Å². The monoisotopic (exact) mass is 393 g/mol. The highest BCUT2D eigenvalue weighted by Gasteiger charge is 2.44. The third kappa shape index (κ3) is 3.27. The fourth-order valence-electron chi connectivity index (χ4n) is 3.44. The van der Waals surface area contributed by atoms with Crippen LogP contribution in [-0.4, -0.2) is 28.2 Å². The van der Waals surface area contributed by atoms with Gasteiger partial charge in [-0.3, -0.25) is 9.59 Å². The molecule has 1 N–H and O–H groups in total. The molecule has 1 aliphatic rings. The molecule has 1 atom stereocenters. The van der Waals surface area contributed by atoms with Gasteiger partial charge < -0.3 is 14.4 Å². The van der Waals surface area contributed by atoms with E-state index >= 15 is 0 Å². The smallest absolute Gasteiger partial charge is 0.290 e. The molecule has 0 radical (unpaired) electrons. The first-order valence-corrected chi connectivity index (χ1v) is 9.87. The largest absolute Gasteiger partial charge is 0.503 e. The van der Waals surface area contributed by atoms with Crippen LogP contribution in [0.15, 0.2) is 75.7 Å². The zero-order chi connectivity index (χ0) is 19.7. The molecule has 0 saturated heterocycles. The van der Waals surface area contributed by atoms with Gasteiger partial charge in [-0.1, -0.05) is 36.4 Å². The van der Waals surface area contributed by atoms with Gasteiger partial charge in [0.1, 0.15) is 5.76 Å². The van der Waals surface area contributed by atoms with Crippen molar-refractivity contribution in [3.63, 3.8) is 0 Å². The number of amides is 1. The van der Waals surface area contributed by atoms with Gasteiger partial charge in [-0.2, -0.15) is 0 Å². The van der Waals surface area contributed by atoms with E-state index in [0.29, 0.717) is 18.7 Å². The molecular weight excluding hydrogens is 374 g/mol. The summed E-state index contributed by atoms with van der Waals surface area (Å²) in [5, 5.41) is 12.5. The molecule has 6 heteroatoms. The van der Waals surface area contributed by atoms with Crippen LogP contribution < -0.4 is 0 Å². The molecule has 142 valence electrons. The van der Waals surface area contributed by atoms with Crippen molar-refractivity contribution in [3.05, 3.63) is 93.3 Å². The van der Waals surface area contributed by atoms with Crippen molar-refractivity contribution in [2.75, 3.05) is 6.54 Å². The Hall–Kier alpha value is -3.12. The van der Waals surface area contributed by atoms with Crippen LogP contribution in [0.25, 0.3) is 0 Å².